The molecule has 262 valence electrons. The van der Waals surface area contributed by atoms with Crippen LogP contribution in [-0.4, -0.2) is 61.8 Å². The number of hydrogen-bond donors (Lipinski definition) is 3. The van der Waals surface area contributed by atoms with E-state index < -0.39 is 35.8 Å². The van der Waals surface area contributed by atoms with Crippen molar-refractivity contribution in [2.45, 2.75) is 82.6 Å². The first kappa shape index (κ1) is 33.9. The van der Waals surface area contributed by atoms with Gasteiger partial charge in [-0.25, -0.2) is 9.97 Å². The lowest BCUT2D eigenvalue weighted by Crippen LogP contribution is -2.54. The first-order chi connectivity index (χ1) is 24.5. The van der Waals surface area contributed by atoms with E-state index in [1.54, 1.807) is 30.6 Å². The number of aromatic nitrogens is 2. The Hall–Kier alpha value is -5.62. The van der Waals surface area contributed by atoms with Crippen LogP contribution in [0.4, 0.5) is 5.69 Å². The van der Waals surface area contributed by atoms with Crippen molar-refractivity contribution in [1.29, 1.82) is 0 Å². The lowest BCUT2D eigenvalue weighted by molar-refractivity contribution is -0.136. The number of fused-ring (bicyclic) bond motifs is 1. The molecule has 2 aliphatic heterocycles. The summed E-state index contributed by atoms with van der Waals surface area (Å²) in [7, 11) is 0. The first-order valence-corrected chi connectivity index (χ1v) is 17.2. The van der Waals surface area contributed by atoms with Gasteiger partial charge in [-0.15, -0.1) is 0 Å². The Balaban J connectivity index is 0.906. The predicted octanol–water partition coefficient (Wildman–Crippen LogP) is 5.46. The van der Waals surface area contributed by atoms with E-state index in [9.17, 15) is 24.3 Å². The quantitative estimate of drug-likeness (QED) is 0.173. The number of nitrogens with one attached hydrogen (secondary N) is 2. The van der Waals surface area contributed by atoms with Gasteiger partial charge in [0.25, 0.3) is 11.8 Å². The summed E-state index contributed by atoms with van der Waals surface area (Å²) in [6.45, 7) is 6.20. The lowest BCUT2D eigenvalue weighted by atomic mass is 9.78. The molecular weight excluding hydrogens is 650 g/mol. The molecule has 1 saturated carbocycles. The molecule has 0 radical (unpaired) electrons. The van der Waals surface area contributed by atoms with Crippen LogP contribution in [0.5, 0.6) is 17.2 Å². The van der Waals surface area contributed by atoms with Gasteiger partial charge in [0.1, 0.15) is 29.7 Å². The molecule has 3 N–H and O–H groups in total. The molecule has 2 atom stereocenters. The highest BCUT2D eigenvalue weighted by atomic mass is 16.5. The van der Waals surface area contributed by atoms with Gasteiger partial charge in [0.2, 0.25) is 11.8 Å². The summed E-state index contributed by atoms with van der Waals surface area (Å²) in [5, 5.41) is 15.6. The monoisotopic (exact) mass is 689 g/mol. The number of nitrogens with zero attached hydrogens (tertiary/aromatic N) is 3. The fraction of sp³-hybridized carbons (Fsp3) is 0.333. The molecule has 1 aromatic heterocycles. The predicted molar refractivity (Wildman–Crippen MR) is 187 cm³/mol. The van der Waals surface area contributed by atoms with Crippen molar-refractivity contribution in [2.75, 3.05) is 5.32 Å². The molecule has 3 heterocycles. The topological polar surface area (TPSA) is 160 Å². The molecule has 3 aromatic carbocycles. The van der Waals surface area contributed by atoms with Gasteiger partial charge in [-0.1, -0.05) is 45.0 Å². The van der Waals surface area contributed by atoms with Crippen molar-refractivity contribution in [3.8, 4) is 17.2 Å². The molecule has 4 aromatic rings. The second kappa shape index (κ2) is 13.6. The van der Waals surface area contributed by atoms with Gasteiger partial charge in [0.15, 0.2) is 11.6 Å². The zero-order valence-electron chi connectivity index (χ0n) is 28.6. The highest BCUT2D eigenvalue weighted by molar-refractivity contribution is 6.23. The number of piperidine rings is 1. The molecule has 0 bridgehead atoms. The molecule has 2 fully saturated rings. The number of carbonyl (C=O) groups excluding carboxylic acids is 4. The normalized spacial score (nSPS) is 20.7. The van der Waals surface area contributed by atoms with E-state index in [0.717, 1.165) is 34.6 Å². The summed E-state index contributed by atoms with van der Waals surface area (Å²) in [5.41, 5.74) is 3.20. The van der Waals surface area contributed by atoms with Gasteiger partial charge >= 0.3 is 0 Å². The SMILES string of the molecule is CCC(O)c1ncc(Oc2ccc(C(C)(C)c3ccc(OC4CC(Nc5ccc6c(c5)C(=O)N(C5CCC(=O)NC5=O)C6=O)C4)cc3)cc2)cn1. The first-order valence-electron chi connectivity index (χ1n) is 17.2. The molecule has 51 heavy (non-hydrogen) atoms. The number of imide groups is 2. The molecule has 7 rings (SSSR count). The summed E-state index contributed by atoms with van der Waals surface area (Å²) >= 11 is 0. The Morgan fingerprint density at radius 3 is 2.14 bits per heavy atom. The molecular formula is C39H39N5O7. The zero-order valence-corrected chi connectivity index (χ0v) is 28.6. The maximum Gasteiger partial charge on any atom is 0.262 e. The van der Waals surface area contributed by atoms with Crippen molar-refractivity contribution in [1.82, 2.24) is 20.2 Å². The Morgan fingerprint density at radius 2 is 1.51 bits per heavy atom. The van der Waals surface area contributed by atoms with Crippen LogP contribution in [0, 0.1) is 0 Å². The van der Waals surface area contributed by atoms with Crippen molar-refractivity contribution in [3.05, 3.63) is 107 Å². The van der Waals surface area contributed by atoms with Crippen LogP contribution in [0.25, 0.3) is 0 Å². The largest absolute Gasteiger partial charge is 0.490 e. The minimum Gasteiger partial charge on any atom is -0.490 e. The molecule has 3 aliphatic rings. The fourth-order valence-electron chi connectivity index (χ4n) is 6.69. The number of aliphatic hydroxyl groups is 1. The average Bonchev–Trinajstić information content (AvgIpc) is 3.36. The van der Waals surface area contributed by atoms with Gasteiger partial charge < -0.3 is 19.9 Å². The molecule has 12 heteroatoms. The van der Waals surface area contributed by atoms with Crippen LogP contribution < -0.4 is 20.1 Å². The molecule has 1 saturated heterocycles. The molecule has 12 nitrogen and oxygen atoms in total. The zero-order chi connectivity index (χ0) is 35.9. The Labute approximate surface area is 295 Å². The summed E-state index contributed by atoms with van der Waals surface area (Å²) in [4.78, 5) is 59.4. The van der Waals surface area contributed by atoms with Crippen LogP contribution in [0.1, 0.15) is 96.6 Å². The Kier molecular flexibility index (Phi) is 9.02. The van der Waals surface area contributed by atoms with Crippen molar-refractivity contribution in [3.63, 3.8) is 0 Å². The highest BCUT2D eigenvalue weighted by Crippen LogP contribution is 2.36. The van der Waals surface area contributed by atoms with E-state index in [2.05, 4.69) is 46.6 Å². The van der Waals surface area contributed by atoms with E-state index in [-0.39, 0.29) is 41.5 Å². The van der Waals surface area contributed by atoms with E-state index in [1.165, 1.54) is 0 Å². The molecule has 2 unspecified atom stereocenters. The summed E-state index contributed by atoms with van der Waals surface area (Å²) < 4.78 is 12.2. The number of amides is 4. The number of anilines is 1. The second-order valence-electron chi connectivity index (χ2n) is 13.7. The Bertz CT molecular complexity index is 1970. The summed E-state index contributed by atoms with van der Waals surface area (Å²) in [5.74, 6) is 0.249. The third-order valence-corrected chi connectivity index (χ3v) is 9.93. The average molecular weight is 690 g/mol. The number of carbonyl (C=O) groups is 4. The van der Waals surface area contributed by atoms with Gasteiger partial charge in [-0.3, -0.25) is 29.4 Å². The lowest BCUT2D eigenvalue weighted by Gasteiger charge is -2.36. The number of ether oxygens (including phenoxy) is 2. The summed E-state index contributed by atoms with van der Waals surface area (Å²) in [6.07, 6.45) is 4.75. The maximum absolute atomic E-state index is 13.2. The standard InChI is InChI=1S/C39H39N5O7/c1-4-33(45)35-40-20-29(21-41-35)51-27-12-7-23(8-13-27)39(2,3)22-5-10-26(11-6-22)50-28-17-25(18-28)42-24-9-14-30-31(19-24)38(49)44(37(30)48)32-15-16-34(46)43-36(32)47/h5-14,19-21,25,28,32-33,42,45H,4,15-18H2,1-3H3,(H,43,46,47). The van der Waals surface area contributed by atoms with E-state index in [1.807, 2.05) is 43.3 Å². The van der Waals surface area contributed by atoms with Gasteiger partial charge in [0.05, 0.1) is 23.5 Å². The minimum atomic E-state index is -0.989. The van der Waals surface area contributed by atoms with Crippen LogP contribution in [-0.2, 0) is 15.0 Å². The van der Waals surface area contributed by atoms with E-state index in [0.29, 0.717) is 29.4 Å². The molecule has 1 aliphatic carbocycles. The van der Waals surface area contributed by atoms with Gasteiger partial charge in [-0.05, 0) is 66.4 Å². The van der Waals surface area contributed by atoms with Crippen molar-refractivity contribution in [2.24, 2.45) is 0 Å². The van der Waals surface area contributed by atoms with Gasteiger partial charge in [-0.2, -0.15) is 0 Å². The van der Waals surface area contributed by atoms with Crippen LogP contribution in [0.15, 0.2) is 79.1 Å². The van der Waals surface area contributed by atoms with Crippen LogP contribution in [0.2, 0.25) is 0 Å². The fourth-order valence-corrected chi connectivity index (χ4v) is 6.69. The molecule has 4 amide bonds. The molecule has 0 spiro atoms. The smallest absolute Gasteiger partial charge is 0.262 e. The van der Waals surface area contributed by atoms with Gasteiger partial charge in [0, 0.05) is 36.4 Å². The third kappa shape index (κ3) is 6.79. The van der Waals surface area contributed by atoms with Crippen LogP contribution in [0.3, 0.4) is 0 Å². The van der Waals surface area contributed by atoms with Crippen LogP contribution >= 0.6 is 0 Å². The number of hydrogen-bond acceptors (Lipinski definition) is 10. The number of benzene rings is 3. The third-order valence-electron chi connectivity index (χ3n) is 9.93. The number of rotatable bonds is 11. The van der Waals surface area contributed by atoms with Crippen molar-refractivity contribution < 1.29 is 33.8 Å². The highest BCUT2D eigenvalue weighted by Gasteiger charge is 2.45. The minimum absolute atomic E-state index is 0.0351. The second-order valence-corrected chi connectivity index (χ2v) is 13.7. The number of aliphatic hydroxyl groups excluding tert-OH is 1. The maximum atomic E-state index is 13.2. The Morgan fingerprint density at radius 1 is 0.882 bits per heavy atom. The summed E-state index contributed by atoms with van der Waals surface area (Å²) in [6, 6.07) is 20.2. The van der Waals surface area contributed by atoms with E-state index in [4.69, 9.17) is 9.47 Å². The van der Waals surface area contributed by atoms with Crippen molar-refractivity contribution >= 4 is 29.3 Å². The van der Waals surface area contributed by atoms with E-state index >= 15 is 0 Å².